The Bertz CT molecular complexity index is 502. The van der Waals surface area contributed by atoms with Crippen molar-refractivity contribution in [1.29, 1.82) is 0 Å². The quantitative estimate of drug-likeness (QED) is 0.566. The lowest BCUT2D eigenvalue weighted by molar-refractivity contribution is -0.275. The second-order valence-corrected chi connectivity index (χ2v) is 4.01. The van der Waals surface area contributed by atoms with Crippen LogP contribution in [0.15, 0.2) is 18.2 Å². The summed E-state index contributed by atoms with van der Waals surface area (Å²) < 4.78 is 73.4. The van der Waals surface area contributed by atoms with Crippen LogP contribution >= 0.6 is 0 Å². The van der Waals surface area contributed by atoms with Gasteiger partial charge < -0.3 is 14.2 Å². The molecule has 1 aromatic carbocycles. The van der Waals surface area contributed by atoms with Crippen molar-refractivity contribution in [3.05, 3.63) is 23.8 Å². The summed E-state index contributed by atoms with van der Waals surface area (Å²) in [5.74, 6) is -2.16. The number of benzene rings is 1. The zero-order valence-electron chi connectivity index (χ0n) is 11.5. The highest BCUT2D eigenvalue weighted by Gasteiger charge is 2.33. The molecule has 0 aliphatic heterocycles. The smallest absolute Gasteiger partial charge is 0.466 e. The fourth-order valence-corrected chi connectivity index (χ4v) is 1.59. The minimum atomic E-state index is -5.06. The number of rotatable bonds is 7. The van der Waals surface area contributed by atoms with Gasteiger partial charge in [-0.1, -0.05) is 6.07 Å². The lowest BCUT2D eigenvalue weighted by Gasteiger charge is -2.14. The van der Waals surface area contributed by atoms with E-state index in [1.165, 1.54) is 6.07 Å². The van der Waals surface area contributed by atoms with Crippen LogP contribution in [0.5, 0.6) is 11.5 Å². The molecule has 1 aromatic rings. The lowest BCUT2D eigenvalue weighted by atomic mass is 10.1. The summed E-state index contributed by atoms with van der Waals surface area (Å²) in [7, 11) is 0. The van der Waals surface area contributed by atoms with Gasteiger partial charge in [-0.3, -0.25) is 4.79 Å². The molecule has 0 saturated carbocycles. The molecule has 0 bridgehead atoms. The monoisotopic (exact) mass is 328 g/mol. The predicted octanol–water partition coefficient (Wildman–Crippen LogP) is 3.68. The number of alkyl halides is 5. The highest BCUT2D eigenvalue weighted by molar-refractivity contribution is 5.69. The van der Waals surface area contributed by atoms with Crippen LogP contribution in [0.1, 0.15) is 18.9 Å². The molecule has 0 radical (unpaired) electrons. The Morgan fingerprint density at radius 3 is 2.45 bits per heavy atom. The fraction of sp³-hybridized carbons (Fsp3) is 0.462. The van der Waals surface area contributed by atoms with Gasteiger partial charge in [-0.15, -0.1) is 13.2 Å². The minimum absolute atomic E-state index is 0.0612. The molecule has 22 heavy (non-hydrogen) atoms. The highest BCUT2D eigenvalue weighted by atomic mass is 19.4. The second-order valence-electron chi connectivity index (χ2n) is 4.01. The minimum Gasteiger partial charge on any atom is -0.466 e. The summed E-state index contributed by atoms with van der Waals surface area (Å²) in [5, 5.41) is 0. The molecule has 0 aliphatic rings. The Kier molecular flexibility index (Phi) is 6.39. The van der Waals surface area contributed by atoms with Crippen molar-refractivity contribution < 1.29 is 41.0 Å². The fourth-order valence-electron chi connectivity index (χ4n) is 1.59. The van der Waals surface area contributed by atoms with E-state index in [0.717, 1.165) is 12.1 Å². The molecule has 9 heteroatoms. The van der Waals surface area contributed by atoms with Gasteiger partial charge in [-0.25, -0.2) is 0 Å². The first-order chi connectivity index (χ1) is 10.2. The Hall–Kier alpha value is -2.06. The van der Waals surface area contributed by atoms with E-state index in [1.807, 2.05) is 0 Å². The molecule has 0 fully saturated rings. The first-order valence-electron chi connectivity index (χ1n) is 6.20. The summed E-state index contributed by atoms with van der Waals surface area (Å²) in [6.45, 7) is -1.49. The molecule has 0 amide bonds. The van der Waals surface area contributed by atoms with Crippen molar-refractivity contribution >= 4 is 5.97 Å². The van der Waals surface area contributed by atoms with Gasteiger partial charge in [0.1, 0.15) is 0 Å². The first kappa shape index (κ1) is 18.0. The third-order valence-corrected chi connectivity index (χ3v) is 2.37. The van der Waals surface area contributed by atoms with Crippen LogP contribution in [0.4, 0.5) is 22.0 Å². The maximum atomic E-state index is 12.3. The van der Waals surface area contributed by atoms with Crippen LogP contribution in [-0.2, 0) is 16.0 Å². The van der Waals surface area contributed by atoms with E-state index in [0.29, 0.717) is 0 Å². The number of ether oxygens (including phenoxy) is 3. The van der Waals surface area contributed by atoms with Crippen LogP contribution in [0.25, 0.3) is 0 Å². The highest BCUT2D eigenvalue weighted by Crippen LogP contribution is 2.34. The predicted molar refractivity (Wildman–Crippen MR) is 64.7 cm³/mol. The lowest BCUT2D eigenvalue weighted by Crippen LogP contribution is -2.18. The van der Waals surface area contributed by atoms with Crippen LogP contribution in [0, 0.1) is 0 Å². The summed E-state index contributed by atoms with van der Waals surface area (Å²) >= 11 is 0. The van der Waals surface area contributed by atoms with Gasteiger partial charge in [0.2, 0.25) is 0 Å². The van der Waals surface area contributed by atoms with Crippen molar-refractivity contribution in [2.24, 2.45) is 0 Å². The Morgan fingerprint density at radius 1 is 1.23 bits per heavy atom. The zero-order valence-corrected chi connectivity index (χ0v) is 11.5. The maximum Gasteiger partial charge on any atom is 0.573 e. The van der Waals surface area contributed by atoms with E-state index in [1.54, 1.807) is 6.92 Å². The third kappa shape index (κ3) is 6.59. The van der Waals surface area contributed by atoms with E-state index in [2.05, 4.69) is 14.2 Å². The van der Waals surface area contributed by atoms with E-state index in [-0.39, 0.29) is 25.0 Å². The SMILES string of the molecule is CCOC(=O)CCc1ccc(OC(F)F)c(OC(F)(F)F)c1. The molecule has 0 unspecified atom stereocenters. The number of carbonyl (C=O) groups is 1. The van der Waals surface area contributed by atoms with Gasteiger partial charge in [0.15, 0.2) is 11.5 Å². The van der Waals surface area contributed by atoms with Gasteiger partial charge in [0.25, 0.3) is 0 Å². The Labute approximate surface area is 122 Å². The molecule has 0 N–H and O–H groups in total. The van der Waals surface area contributed by atoms with Gasteiger partial charge in [-0.2, -0.15) is 8.78 Å². The van der Waals surface area contributed by atoms with Gasteiger partial charge >= 0.3 is 18.9 Å². The Balaban J connectivity index is 2.88. The molecule has 0 aliphatic carbocycles. The van der Waals surface area contributed by atoms with Crippen LogP contribution in [0.2, 0.25) is 0 Å². The first-order valence-corrected chi connectivity index (χ1v) is 6.20. The van der Waals surface area contributed by atoms with Crippen LogP contribution in [-0.4, -0.2) is 25.6 Å². The zero-order chi connectivity index (χ0) is 16.8. The molecule has 0 heterocycles. The summed E-state index contributed by atoms with van der Waals surface area (Å²) in [6, 6.07) is 3.08. The average molecular weight is 328 g/mol. The van der Waals surface area contributed by atoms with E-state index in [4.69, 9.17) is 0 Å². The molecule has 0 saturated heterocycles. The maximum absolute atomic E-state index is 12.3. The average Bonchev–Trinajstić information content (AvgIpc) is 2.37. The van der Waals surface area contributed by atoms with Gasteiger partial charge in [-0.05, 0) is 31.0 Å². The van der Waals surface area contributed by atoms with Crippen molar-refractivity contribution in [1.82, 2.24) is 0 Å². The molecular formula is C13H13F5O4. The van der Waals surface area contributed by atoms with Gasteiger partial charge in [0.05, 0.1) is 6.61 Å². The van der Waals surface area contributed by atoms with Crippen LogP contribution < -0.4 is 9.47 Å². The van der Waals surface area contributed by atoms with E-state index in [9.17, 15) is 26.7 Å². The largest absolute Gasteiger partial charge is 0.573 e. The van der Waals surface area contributed by atoms with E-state index >= 15 is 0 Å². The summed E-state index contributed by atoms with van der Waals surface area (Å²) in [4.78, 5) is 11.2. The van der Waals surface area contributed by atoms with Crippen molar-refractivity contribution in [3.63, 3.8) is 0 Å². The topological polar surface area (TPSA) is 44.8 Å². The number of hydrogen-bond donors (Lipinski definition) is 0. The molecule has 124 valence electrons. The Morgan fingerprint density at radius 2 is 1.91 bits per heavy atom. The summed E-state index contributed by atoms with van der Waals surface area (Å²) in [6.07, 6.45) is -5.05. The van der Waals surface area contributed by atoms with Crippen molar-refractivity contribution in [2.45, 2.75) is 32.7 Å². The van der Waals surface area contributed by atoms with Gasteiger partial charge in [0, 0.05) is 6.42 Å². The molecule has 0 spiro atoms. The normalized spacial score (nSPS) is 11.4. The van der Waals surface area contributed by atoms with Crippen molar-refractivity contribution in [3.8, 4) is 11.5 Å². The summed E-state index contributed by atoms with van der Waals surface area (Å²) in [5.41, 5.74) is 0.286. The second kappa shape index (κ2) is 7.81. The molecule has 1 rings (SSSR count). The van der Waals surface area contributed by atoms with Crippen molar-refractivity contribution in [2.75, 3.05) is 6.61 Å². The third-order valence-electron chi connectivity index (χ3n) is 2.37. The number of hydrogen-bond acceptors (Lipinski definition) is 4. The standard InChI is InChI=1S/C13H13F5O4/c1-2-20-11(19)6-4-8-3-5-9(21-12(14)15)10(7-8)22-13(16,17)18/h3,5,7,12H,2,4,6H2,1H3. The van der Waals surface area contributed by atoms with E-state index < -0.39 is 30.4 Å². The molecule has 0 atom stereocenters. The van der Waals surface area contributed by atoms with Crippen LogP contribution in [0.3, 0.4) is 0 Å². The number of halogens is 5. The molecular weight excluding hydrogens is 315 g/mol. The molecule has 4 nitrogen and oxygen atoms in total. The number of aryl methyl sites for hydroxylation is 1. The molecule has 0 aromatic heterocycles. The number of carbonyl (C=O) groups excluding carboxylic acids is 1. The number of esters is 1.